The summed E-state index contributed by atoms with van der Waals surface area (Å²) in [4.78, 5) is 14.5. The van der Waals surface area contributed by atoms with Crippen LogP contribution < -0.4 is 10.5 Å². The number of rotatable bonds is 2. The Balaban J connectivity index is 3.29. The maximum atomic E-state index is 12.0. The molecule has 0 radical (unpaired) electrons. The van der Waals surface area contributed by atoms with Crippen LogP contribution >= 0.6 is 0 Å². The molecule has 0 fully saturated rings. The maximum absolute atomic E-state index is 12.0. The number of nitrogens with two attached hydrogens (primary N) is 1. The first-order valence-electron chi connectivity index (χ1n) is 4.33. The standard InChI is InChI=1S/C9H6F3N3O3/c1-17-8(16)7-4(14)2-6(15-5(7)3-13)18-9(10,11)12/h2H,1H3,(H2,14,15). The molecule has 0 aliphatic rings. The van der Waals surface area contributed by atoms with E-state index in [-0.39, 0.29) is 0 Å². The number of hydrogen-bond donors (Lipinski definition) is 1. The van der Waals surface area contributed by atoms with E-state index in [9.17, 15) is 18.0 Å². The van der Waals surface area contributed by atoms with E-state index in [2.05, 4.69) is 14.5 Å². The van der Waals surface area contributed by atoms with Gasteiger partial charge in [0, 0.05) is 6.07 Å². The van der Waals surface area contributed by atoms with Crippen LogP contribution in [-0.4, -0.2) is 24.4 Å². The molecule has 1 rings (SSSR count). The van der Waals surface area contributed by atoms with Crippen molar-refractivity contribution in [3.8, 4) is 11.9 Å². The van der Waals surface area contributed by atoms with Gasteiger partial charge in [-0.3, -0.25) is 0 Å². The number of nitriles is 1. The molecule has 1 aromatic heterocycles. The molecule has 0 aromatic carbocycles. The average molecular weight is 261 g/mol. The number of halogens is 3. The lowest BCUT2D eigenvalue weighted by molar-refractivity contribution is -0.276. The van der Waals surface area contributed by atoms with Crippen molar-refractivity contribution in [1.29, 1.82) is 5.26 Å². The minimum absolute atomic E-state index is 0.396. The zero-order valence-corrected chi connectivity index (χ0v) is 8.91. The highest BCUT2D eigenvalue weighted by molar-refractivity contribution is 5.97. The van der Waals surface area contributed by atoms with Crippen LogP contribution in [0.2, 0.25) is 0 Å². The number of ether oxygens (including phenoxy) is 2. The van der Waals surface area contributed by atoms with Crippen molar-refractivity contribution in [2.45, 2.75) is 6.36 Å². The number of nitrogens with zero attached hydrogens (tertiary/aromatic N) is 2. The monoisotopic (exact) mass is 261 g/mol. The Morgan fingerprint density at radius 3 is 2.61 bits per heavy atom. The molecular formula is C9H6F3N3O3. The van der Waals surface area contributed by atoms with Gasteiger partial charge in [-0.1, -0.05) is 0 Å². The third kappa shape index (κ3) is 3.00. The van der Waals surface area contributed by atoms with Crippen LogP contribution in [0.15, 0.2) is 6.07 Å². The van der Waals surface area contributed by atoms with E-state index >= 15 is 0 Å². The molecule has 0 spiro atoms. The fraction of sp³-hybridized carbons (Fsp3) is 0.222. The third-order valence-corrected chi connectivity index (χ3v) is 1.74. The second-order valence-electron chi connectivity index (χ2n) is 2.92. The summed E-state index contributed by atoms with van der Waals surface area (Å²) < 4.78 is 43.7. The van der Waals surface area contributed by atoms with Crippen LogP contribution in [0.4, 0.5) is 18.9 Å². The second-order valence-corrected chi connectivity index (χ2v) is 2.92. The Bertz CT molecular complexity index is 522. The molecule has 0 amide bonds. The first-order chi connectivity index (χ1) is 8.28. The van der Waals surface area contributed by atoms with Gasteiger partial charge in [0.1, 0.15) is 11.6 Å². The molecule has 6 nitrogen and oxygen atoms in total. The number of anilines is 1. The first-order valence-corrected chi connectivity index (χ1v) is 4.33. The zero-order chi connectivity index (χ0) is 13.9. The Labute approximate surface area is 98.7 Å². The Morgan fingerprint density at radius 1 is 1.56 bits per heavy atom. The van der Waals surface area contributed by atoms with Crippen molar-refractivity contribution in [1.82, 2.24) is 4.98 Å². The quantitative estimate of drug-likeness (QED) is 0.803. The highest BCUT2D eigenvalue weighted by atomic mass is 19.4. The number of methoxy groups -OCH3 is 1. The largest absolute Gasteiger partial charge is 0.574 e. The molecule has 1 aromatic rings. The number of pyridine rings is 1. The highest BCUT2D eigenvalue weighted by Crippen LogP contribution is 2.26. The highest BCUT2D eigenvalue weighted by Gasteiger charge is 2.33. The van der Waals surface area contributed by atoms with Gasteiger partial charge in [0.2, 0.25) is 5.88 Å². The topological polar surface area (TPSA) is 98.2 Å². The molecule has 0 saturated heterocycles. The molecule has 0 aliphatic carbocycles. The summed E-state index contributed by atoms with van der Waals surface area (Å²) in [6, 6.07) is 2.12. The number of esters is 1. The van der Waals surface area contributed by atoms with Gasteiger partial charge in [-0.05, 0) is 0 Å². The predicted octanol–water partition coefficient (Wildman–Crippen LogP) is 1.22. The Morgan fingerprint density at radius 2 is 2.17 bits per heavy atom. The fourth-order valence-electron chi connectivity index (χ4n) is 1.11. The smallest absolute Gasteiger partial charge is 0.465 e. The molecular weight excluding hydrogens is 255 g/mol. The molecule has 0 aliphatic heterocycles. The fourth-order valence-corrected chi connectivity index (χ4v) is 1.11. The van der Waals surface area contributed by atoms with Gasteiger partial charge in [0.15, 0.2) is 5.69 Å². The maximum Gasteiger partial charge on any atom is 0.574 e. The summed E-state index contributed by atoms with van der Waals surface area (Å²) in [6.07, 6.45) is -4.97. The molecule has 18 heavy (non-hydrogen) atoms. The average Bonchev–Trinajstić information content (AvgIpc) is 2.24. The summed E-state index contributed by atoms with van der Waals surface area (Å²) in [5.74, 6) is -1.90. The SMILES string of the molecule is COC(=O)c1c(N)cc(OC(F)(F)F)nc1C#N. The summed E-state index contributed by atoms with van der Waals surface area (Å²) in [5.41, 5.74) is 3.94. The molecule has 0 atom stereocenters. The van der Waals surface area contributed by atoms with E-state index in [1.165, 1.54) is 6.07 Å². The van der Waals surface area contributed by atoms with Crippen molar-refractivity contribution >= 4 is 11.7 Å². The van der Waals surface area contributed by atoms with E-state index in [4.69, 9.17) is 11.0 Å². The molecule has 0 unspecified atom stereocenters. The molecule has 0 saturated carbocycles. The van der Waals surface area contributed by atoms with Gasteiger partial charge in [0.25, 0.3) is 0 Å². The van der Waals surface area contributed by atoms with Crippen molar-refractivity contribution in [3.63, 3.8) is 0 Å². The minimum atomic E-state index is -4.97. The van der Waals surface area contributed by atoms with E-state index < -0.39 is 35.2 Å². The van der Waals surface area contributed by atoms with Crippen LogP contribution in [0.3, 0.4) is 0 Å². The van der Waals surface area contributed by atoms with Gasteiger partial charge < -0.3 is 15.2 Å². The third-order valence-electron chi connectivity index (χ3n) is 1.74. The second kappa shape index (κ2) is 4.79. The van der Waals surface area contributed by atoms with Crippen molar-refractivity contribution < 1.29 is 27.4 Å². The number of hydrogen-bond acceptors (Lipinski definition) is 6. The summed E-state index contributed by atoms with van der Waals surface area (Å²) in [6.45, 7) is 0. The van der Waals surface area contributed by atoms with Crippen molar-refractivity contribution in [2.24, 2.45) is 0 Å². The van der Waals surface area contributed by atoms with E-state index in [1.807, 2.05) is 0 Å². The summed E-state index contributed by atoms with van der Waals surface area (Å²) in [7, 11) is 1.03. The van der Waals surface area contributed by atoms with E-state index in [0.29, 0.717) is 6.07 Å². The predicted molar refractivity (Wildman–Crippen MR) is 51.4 cm³/mol. The molecule has 96 valence electrons. The first kappa shape index (κ1) is 13.6. The molecule has 9 heteroatoms. The number of nitrogen functional groups attached to an aromatic ring is 1. The van der Waals surface area contributed by atoms with Crippen LogP contribution in [0.5, 0.6) is 5.88 Å². The van der Waals surface area contributed by atoms with Crippen LogP contribution in [-0.2, 0) is 4.74 Å². The van der Waals surface area contributed by atoms with Gasteiger partial charge in [0.05, 0.1) is 12.8 Å². The van der Waals surface area contributed by atoms with Gasteiger partial charge in [-0.15, -0.1) is 13.2 Å². The Hall–Kier alpha value is -2.50. The lowest BCUT2D eigenvalue weighted by atomic mass is 10.1. The Kier molecular flexibility index (Phi) is 3.61. The van der Waals surface area contributed by atoms with E-state index in [0.717, 1.165) is 7.11 Å². The minimum Gasteiger partial charge on any atom is -0.465 e. The van der Waals surface area contributed by atoms with E-state index in [1.54, 1.807) is 0 Å². The van der Waals surface area contributed by atoms with Gasteiger partial charge >= 0.3 is 12.3 Å². The molecule has 1 heterocycles. The number of carbonyl (C=O) groups is 1. The zero-order valence-electron chi connectivity index (χ0n) is 8.91. The normalized spacial score (nSPS) is 10.6. The summed E-state index contributed by atoms with van der Waals surface area (Å²) >= 11 is 0. The van der Waals surface area contributed by atoms with Crippen LogP contribution in [0.25, 0.3) is 0 Å². The van der Waals surface area contributed by atoms with Crippen molar-refractivity contribution in [3.05, 3.63) is 17.3 Å². The molecule has 2 N–H and O–H groups in total. The van der Waals surface area contributed by atoms with Crippen LogP contribution in [0, 0.1) is 11.3 Å². The summed E-state index contributed by atoms with van der Waals surface area (Å²) in [5, 5.41) is 8.70. The molecule has 0 bridgehead atoms. The number of alkyl halides is 3. The van der Waals surface area contributed by atoms with Gasteiger partial charge in [-0.25, -0.2) is 9.78 Å². The number of aromatic nitrogens is 1. The lowest BCUT2D eigenvalue weighted by Gasteiger charge is -2.10. The lowest BCUT2D eigenvalue weighted by Crippen LogP contribution is -2.19. The van der Waals surface area contributed by atoms with Crippen molar-refractivity contribution in [2.75, 3.05) is 12.8 Å². The van der Waals surface area contributed by atoms with Crippen LogP contribution in [0.1, 0.15) is 16.1 Å². The number of carbonyl (C=O) groups excluding carboxylic acids is 1. The van der Waals surface area contributed by atoms with Gasteiger partial charge in [-0.2, -0.15) is 5.26 Å².